The highest BCUT2D eigenvalue weighted by Gasteiger charge is 2.41. The van der Waals surface area contributed by atoms with Crippen molar-refractivity contribution in [3.05, 3.63) is 298 Å². The molecule has 0 N–H and O–H groups in total. The number of fused-ring (bicyclic) bond motifs is 12. The fourth-order valence-electron chi connectivity index (χ4n) is 14.3. The van der Waals surface area contributed by atoms with Crippen LogP contribution < -0.4 is 0 Å². The van der Waals surface area contributed by atoms with E-state index in [0.717, 1.165) is 118 Å². The molecule has 12 aromatic carbocycles. The molecule has 16 aromatic rings. The van der Waals surface area contributed by atoms with E-state index in [9.17, 15) is 31.6 Å². The smallest absolute Gasteiger partial charge is 0.307 e. The summed E-state index contributed by atoms with van der Waals surface area (Å²) in [5.41, 5.74) is 5.48. The molecule has 0 unspecified atom stereocenters. The normalized spacial score (nSPS) is 12.1. The molecule has 16 rings (SSSR count). The maximum absolute atomic E-state index is 15.4. The molecule has 0 aliphatic carbocycles. The van der Waals surface area contributed by atoms with E-state index < -0.39 is 52.0 Å². The minimum Gasteiger partial charge on any atom is -0.307 e. The van der Waals surface area contributed by atoms with Gasteiger partial charge in [-0.2, -0.15) is 44.8 Å². The molecule has 4 heterocycles. The third-order valence-electron chi connectivity index (χ3n) is 18.4. The molecular weight excluding hydrogens is 1250 g/mol. The monoisotopic (exact) mass is 1300 g/mol. The van der Waals surface area contributed by atoms with E-state index in [4.69, 9.17) is 13.1 Å². The molecule has 0 atom stereocenters. The molecule has 0 aliphatic heterocycles. The Morgan fingerprint density at radius 2 is 0.592 bits per heavy atom. The van der Waals surface area contributed by atoms with Crippen molar-refractivity contribution in [2.24, 2.45) is 0 Å². The van der Waals surface area contributed by atoms with Crippen molar-refractivity contribution in [1.29, 1.82) is 5.26 Å². The summed E-state index contributed by atoms with van der Waals surface area (Å²) in [6.45, 7) is 23.3. The predicted octanol–water partition coefficient (Wildman–Crippen LogP) is 24.4. The van der Waals surface area contributed by atoms with Crippen molar-refractivity contribution in [2.45, 2.75) is 46.2 Å². The second-order valence-corrected chi connectivity index (χ2v) is 24.5. The summed E-state index contributed by atoms with van der Waals surface area (Å²) in [7, 11) is 0. The van der Waals surface area contributed by atoms with Crippen LogP contribution >= 0.6 is 0 Å². The van der Waals surface area contributed by atoms with Crippen LogP contribution in [0.1, 0.15) is 44.5 Å². The molecule has 0 saturated carbocycles. The van der Waals surface area contributed by atoms with Crippen molar-refractivity contribution in [3.63, 3.8) is 0 Å². The third kappa shape index (κ3) is 9.96. The summed E-state index contributed by atoms with van der Waals surface area (Å²) in [4.78, 5) is 6.78. The minimum absolute atomic E-state index is 0.0332. The molecule has 0 amide bonds. The third-order valence-corrected chi connectivity index (χ3v) is 18.4. The second kappa shape index (κ2) is 23.0. The number of nitrogens with zero attached hydrogens (tertiary/aromatic N) is 7. The van der Waals surface area contributed by atoms with E-state index in [1.54, 1.807) is 22.8 Å². The van der Waals surface area contributed by atoms with Crippen LogP contribution in [0.2, 0.25) is 0 Å². The first-order valence-corrected chi connectivity index (χ1v) is 31.1. The zero-order chi connectivity index (χ0) is 68.4. The van der Waals surface area contributed by atoms with E-state index in [1.807, 2.05) is 166 Å². The van der Waals surface area contributed by atoms with Gasteiger partial charge >= 0.3 is 18.5 Å². The number of para-hydroxylation sites is 4. The molecule has 4 aromatic heterocycles. The maximum Gasteiger partial charge on any atom is 0.417 e. The highest BCUT2D eigenvalue weighted by molar-refractivity contribution is 6.14. The Morgan fingerprint density at radius 3 is 0.908 bits per heavy atom. The SMILES string of the molecule is [C-]#[N+]c1cccc(C(F)(F)F)c1-c1cc(-n2c3ccccc3c3ccc(C)cc32)c(-n2c3ccccc3c3ccc(C)cc32)cc1C#N.[C-]#[N+]c1cccc(C(F)(F)F)c1-c1cc(-n2c3ccccc3c3ccc(C)cc32)c(-n2c3ccccc3c3ccc(C)cc32)cc1C(F)(F)F. The molecule has 7 nitrogen and oxygen atoms in total. The van der Waals surface area contributed by atoms with Crippen molar-refractivity contribution in [2.75, 3.05) is 0 Å². The van der Waals surface area contributed by atoms with Crippen molar-refractivity contribution >= 4 is 98.6 Å². The lowest BCUT2D eigenvalue weighted by molar-refractivity contribution is -0.139. The topological polar surface area (TPSA) is 52.2 Å². The summed E-state index contributed by atoms with van der Waals surface area (Å²) in [5, 5.41) is 17.9. The highest BCUT2D eigenvalue weighted by atomic mass is 19.4. The number of alkyl halides is 9. The van der Waals surface area contributed by atoms with Gasteiger partial charge in [0.25, 0.3) is 0 Å². The number of aryl methyl sites for hydroxylation is 4. The van der Waals surface area contributed by atoms with Crippen LogP contribution in [0, 0.1) is 52.2 Å². The minimum atomic E-state index is -5.09. The molecule has 0 spiro atoms. The van der Waals surface area contributed by atoms with Crippen LogP contribution in [0.4, 0.5) is 50.9 Å². The van der Waals surface area contributed by atoms with Crippen LogP contribution in [-0.2, 0) is 18.5 Å². The van der Waals surface area contributed by atoms with Gasteiger partial charge in [-0.1, -0.05) is 158 Å². The Bertz CT molecular complexity index is 6190. The zero-order valence-electron chi connectivity index (χ0n) is 52.5. The average Bonchev–Trinajstić information content (AvgIpc) is 1.36. The number of nitriles is 1. The Balaban J connectivity index is 0.000000160. The molecule has 98 heavy (non-hydrogen) atoms. The van der Waals surface area contributed by atoms with Gasteiger partial charge < -0.3 is 18.3 Å². The van der Waals surface area contributed by atoms with Gasteiger partial charge in [0, 0.05) is 54.2 Å². The molecule has 0 saturated heterocycles. The van der Waals surface area contributed by atoms with Gasteiger partial charge in [-0.3, -0.25) is 0 Å². The summed E-state index contributed by atoms with van der Waals surface area (Å²) >= 11 is 0. The second-order valence-electron chi connectivity index (χ2n) is 24.5. The number of hydrogen-bond donors (Lipinski definition) is 0. The number of hydrogen-bond acceptors (Lipinski definition) is 1. The first kappa shape index (κ1) is 61.8. The molecule has 476 valence electrons. The molecular formula is C82H50F9N7. The van der Waals surface area contributed by atoms with Crippen molar-refractivity contribution in [1.82, 2.24) is 18.3 Å². The van der Waals surface area contributed by atoms with Crippen molar-refractivity contribution in [3.8, 4) is 51.1 Å². The largest absolute Gasteiger partial charge is 0.417 e. The predicted molar refractivity (Wildman–Crippen MR) is 372 cm³/mol. The molecule has 0 aliphatic rings. The first-order chi connectivity index (χ1) is 47.1. The van der Waals surface area contributed by atoms with E-state index in [0.29, 0.717) is 33.4 Å². The number of halogens is 9. The zero-order valence-corrected chi connectivity index (χ0v) is 52.5. The van der Waals surface area contributed by atoms with Crippen LogP contribution in [0.15, 0.2) is 231 Å². The summed E-state index contributed by atoms with van der Waals surface area (Å²) in [6, 6.07) is 68.8. The summed E-state index contributed by atoms with van der Waals surface area (Å²) in [6.07, 6.45) is -14.9. The lowest BCUT2D eigenvalue weighted by atomic mass is 9.91. The average molecular weight is 1300 g/mol. The Morgan fingerprint density at radius 1 is 0.306 bits per heavy atom. The van der Waals surface area contributed by atoms with Gasteiger partial charge in [0.2, 0.25) is 0 Å². The van der Waals surface area contributed by atoms with Gasteiger partial charge in [0.1, 0.15) is 0 Å². The van der Waals surface area contributed by atoms with Gasteiger partial charge in [0.05, 0.1) is 108 Å². The van der Waals surface area contributed by atoms with E-state index >= 15 is 13.2 Å². The van der Waals surface area contributed by atoms with E-state index in [1.165, 1.54) is 18.2 Å². The van der Waals surface area contributed by atoms with E-state index in [-0.39, 0.29) is 33.8 Å². The van der Waals surface area contributed by atoms with Crippen LogP contribution in [-0.4, -0.2) is 18.3 Å². The van der Waals surface area contributed by atoms with Gasteiger partial charge in [-0.15, -0.1) is 0 Å². The fourth-order valence-corrected chi connectivity index (χ4v) is 14.3. The Hall–Kier alpha value is -12.3. The number of aromatic nitrogens is 4. The summed E-state index contributed by atoms with van der Waals surface area (Å²) < 4.78 is 142. The van der Waals surface area contributed by atoms with Gasteiger partial charge in [0.15, 0.2) is 11.4 Å². The lowest BCUT2D eigenvalue weighted by Crippen LogP contribution is -2.14. The van der Waals surface area contributed by atoms with E-state index in [2.05, 4.69) is 55.2 Å². The van der Waals surface area contributed by atoms with Crippen LogP contribution in [0.5, 0.6) is 0 Å². The molecule has 16 heteroatoms. The highest BCUT2D eigenvalue weighted by Crippen LogP contribution is 2.52. The maximum atomic E-state index is 15.4. The lowest BCUT2D eigenvalue weighted by Gasteiger charge is -2.24. The molecule has 0 bridgehead atoms. The fraction of sp³-hybridized carbons (Fsp3) is 0.0854. The Labute approximate surface area is 554 Å². The quantitative estimate of drug-likeness (QED) is 0.121. The van der Waals surface area contributed by atoms with Gasteiger partial charge in [-0.05, 0) is 134 Å². The van der Waals surface area contributed by atoms with Crippen molar-refractivity contribution < 1.29 is 39.5 Å². The summed E-state index contributed by atoms with van der Waals surface area (Å²) in [5.74, 6) is 0. The number of benzene rings is 12. The Kier molecular flexibility index (Phi) is 14.5. The van der Waals surface area contributed by atoms with Crippen LogP contribution in [0.3, 0.4) is 0 Å². The number of rotatable bonds is 6. The first-order valence-electron chi connectivity index (χ1n) is 31.1. The van der Waals surface area contributed by atoms with Gasteiger partial charge in [-0.25, -0.2) is 9.69 Å². The molecule has 0 fully saturated rings. The van der Waals surface area contributed by atoms with Crippen LogP contribution in [0.25, 0.3) is 142 Å². The molecule has 0 radical (unpaired) electrons. The standard InChI is InChI=1S/C41H25F6N3.C41H25F3N4/c1-23-15-17-27-25-9-4-6-13-33(25)49(35(27)19-23)37-21-29(39-30(40(42,43)44)11-8-12-32(39)48-3)31(41(45,46)47)22-38(37)50-34-14-7-5-10-26(34)28-18-16-24(2)20-36(28)50;1-24-15-17-29-27-9-4-6-13-34(27)47(36(29)19-24)38-21-26(23-45)31(40-32(41(42,43)44)11-8-12-33(40)46-3)22-39(38)48-35-14-7-5-10-28(35)30-18-16-25(2)20-37(30)48/h4-22H,1-2H3;4-22H,1-2H3.